The summed E-state index contributed by atoms with van der Waals surface area (Å²) in [4.78, 5) is 23.8. The van der Waals surface area contributed by atoms with Crippen LogP contribution < -0.4 is 16.4 Å². The zero-order valence-corrected chi connectivity index (χ0v) is 11.8. The van der Waals surface area contributed by atoms with Gasteiger partial charge in [0.15, 0.2) is 0 Å². The second-order valence-electron chi connectivity index (χ2n) is 5.01. The molecule has 4 N–H and O–H groups in total. The summed E-state index contributed by atoms with van der Waals surface area (Å²) in [5, 5.41) is 5.43. The number of hydrogen-bond donors (Lipinski definition) is 3. The average molecular weight is 293 g/mol. The second-order valence-corrected chi connectivity index (χ2v) is 5.01. The lowest BCUT2D eigenvalue weighted by Gasteiger charge is -2.18. The van der Waals surface area contributed by atoms with E-state index in [2.05, 4.69) is 10.6 Å². The summed E-state index contributed by atoms with van der Waals surface area (Å²) in [6.07, 6.45) is 1.63. The van der Waals surface area contributed by atoms with E-state index < -0.39 is 5.91 Å². The maximum Gasteiger partial charge on any atom is 0.260 e. The van der Waals surface area contributed by atoms with E-state index >= 15 is 0 Å². The van der Waals surface area contributed by atoms with Crippen molar-refractivity contribution < 1.29 is 9.59 Å². The molecule has 5 heteroatoms. The normalized spacial score (nSPS) is 15.4. The number of nitrogens with one attached hydrogen (secondary N) is 2. The fraction of sp³-hybridized carbons (Fsp3) is 0.0588. The van der Waals surface area contributed by atoms with E-state index in [0.717, 1.165) is 5.56 Å². The van der Waals surface area contributed by atoms with Crippen molar-refractivity contribution >= 4 is 23.1 Å². The Morgan fingerprint density at radius 3 is 2.55 bits per heavy atom. The van der Waals surface area contributed by atoms with Crippen LogP contribution in [0.4, 0.5) is 5.69 Å². The number of nitrogen functional groups attached to an aromatic ring is 1. The number of benzene rings is 2. The average Bonchev–Trinajstić information content (AvgIpc) is 2.51. The lowest BCUT2D eigenvalue weighted by Crippen LogP contribution is -2.36. The zero-order valence-electron chi connectivity index (χ0n) is 11.8. The quantitative estimate of drug-likeness (QED) is 0.456. The number of anilines is 1. The molecule has 0 radical (unpaired) electrons. The molecule has 0 aliphatic carbocycles. The summed E-state index contributed by atoms with van der Waals surface area (Å²) < 4.78 is 0. The number of imide groups is 1. The number of amides is 2. The van der Waals surface area contributed by atoms with E-state index in [0.29, 0.717) is 28.9 Å². The van der Waals surface area contributed by atoms with Crippen LogP contribution in [0.3, 0.4) is 0 Å². The number of carbonyl (C=O) groups is 2. The molecule has 1 aliphatic heterocycles. The largest absolute Gasteiger partial charge is 0.399 e. The Labute approximate surface area is 127 Å². The van der Waals surface area contributed by atoms with Gasteiger partial charge < -0.3 is 11.1 Å². The first-order chi connectivity index (χ1) is 10.6. The molecule has 0 spiro atoms. The molecule has 1 aliphatic rings. The van der Waals surface area contributed by atoms with Crippen LogP contribution in [0.2, 0.25) is 0 Å². The monoisotopic (exact) mass is 293 g/mol. The van der Waals surface area contributed by atoms with Gasteiger partial charge in [0.1, 0.15) is 0 Å². The molecule has 3 rings (SSSR count). The number of hydrogen-bond acceptors (Lipinski definition) is 4. The fourth-order valence-electron chi connectivity index (χ4n) is 2.39. The van der Waals surface area contributed by atoms with Crippen molar-refractivity contribution in [2.45, 2.75) is 6.54 Å². The molecule has 0 saturated heterocycles. The summed E-state index contributed by atoms with van der Waals surface area (Å²) >= 11 is 0. The van der Waals surface area contributed by atoms with Gasteiger partial charge in [-0.25, -0.2) is 0 Å². The summed E-state index contributed by atoms with van der Waals surface area (Å²) in [6.45, 7) is 0.540. The number of rotatable bonds is 3. The van der Waals surface area contributed by atoms with Gasteiger partial charge in [0.05, 0.1) is 5.57 Å². The topological polar surface area (TPSA) is 84.2 Å². The third kappa shape index (κ3) is 2.69. The first-order valence-corrected chi connectivity index (χ1v) is 6.88. The van der Waals surface area contributed by atoms with Gasteiger partial charge in [0.2, 0.25) is 0 Å². The van der Waals surface area contributed by atoms with Crippen molar-refractivity contribution in [1.82, 2.24) is 10.6 Å². The Balaban J connectivity index is 1.83. The highest BCUT2D eigenvalue weighted by molar-refractivity contribution is 6.30. The minimum absolute atomic E-state index is 0.367. The number of fused-ring (bicyclic) bond motifs is 1. The Morgan fingerprint density at radius 1 is 1.00 bits per heavy atom. The van der Waals surface area contributed by atoms with Gasteiger partial charge in [0, 0.05) is 29.6 Å². The Bertz CT molecular complexity index is 781. The fourth-order valence-corrected chi connectivity index (χ4v) is 2.39. The summed E-state index contributed by atoms with van der Waals surface area (Å²) in [5.74, 6) is -0.766. The van der Waals surface area contributed by atoms with E-state index in [1.54, 1.807) is 30.5 Å². The molecular formula is C17H15N3O2. The molecule has 0 fully saturated rings. The van der Waals surface area contributed by atoms with Gasteiger partial charge >= 0.3 is 0 Å². The molecule has 0 unspecified atom stereocenters. The first-order valence-electron chi connectivity index (χ1n) is 6.88. The molecule has 2 aromatic rings. The van der Waals surface area contributed by atoms with Crippen LogP contribution >= 0.6 is 0 Å². The number of carbonyl (C=O) groups excluding carboxylic acids is 2. The summed E-state index contributed by atoms with van der Waals surface area (Å²) in [6, 6.07) is 14.5. The SMILES string of the molecule is Nc1cccc(CN/C=C2/C(=O)NC(=O)c3ccccc32)c1. The van der Waals surface area contributed by atoms with Gasteiger partial charge in [0.25, 0.3) is 11.8 Å². The molecule has 2 amide bonds. The van der Waals surface area contributed by atoms with E-state index in [9.17, 15) is 9.59 Å². The molecule has 0 atom stereocenters. The van der Waals surface area contributed by atoms with Crippen LogP contribution in [-0.4, -0.2) is 11.8 Å². The van der Waals surface area contributed by atoms with Gasteiger partial charge in [-0.15, -0.1) is 0 Å². The minimum atomic E-state index is -0.399. The Kier molecular flexibility index (Phi) is 3.62. The maximum atomic E-state index is 12.0. The van der Waals surface area contributed by atoms with Crippen LogP contribution in [0, 0.1) is 0 Å². The van der Waals surface area contributed by atoms with Crippen molar-refractivity contribution in [3.05, 3.63) is 71.4 Å². The van der Waals surface area contributed by atoms with Crippen molar-refractivity contribution in [2.24, 2.45) is 0 Å². The summed E-state index contributed by atoms with van der Waals surface area (Å²) in [5.41, 5.74) is 9.01. The van der Waals surface area contributed by atoms with Gasteiger partial charge in [-0.05, 0) is 23.8 Å². The van der Waals surface area contributed by atoms with Gasteiger partial charge in [-0.2, -0.15) is 0 Å². The first kappa shape index (κ1) is 13.9. The standard InChI is InChI=1S/C17H15N3O2/c18-12-5-3-4-11(8-12)9-19-10-15-13-6-1-2-7-14(13)16(21)20-17(15)22/h1-8,10,19H,9,18H2,(H,20,21,22)/b15-10+. The van der Waals surface area contributed by atoms with E-state index in [1.807, 2.05) is 24.3 Å². The van der Waals surface area contributed by atoms with E-state index in [1.165, 1.54) is 0 Å². The van der Waals surface area contributed by atoms with Crippen LogP contribution in [0.5, 0.6) is 0 Å². The van der Waals surface area contributed by atoms with Crippen LogP contribution in [-0.2, 0) is 11.3 Å². The molecule has 22 heavy (non-hydrogen) atoms. The molecule has 5 nitrogen and oxygen atoms in total. The molecule has 0 bridgehead atoms. The highest BCUT2D eigenvalue weighted by Gasteiger charge is 2.26. The van der Waals surface area contributed by atoms with Gasteiger partial charge in [-0.3, -0.25) is 14.9 Å². The van der Waals surface area contributed by atoms with E-state index in [4.69, 9.17) is 5.73 Å². The van der Waals surface area contributed by atoms with Crippen molar-refractivity contribution in [1.29, 1.82) is 0 Å². The maximum absolute atomic E-state index is 12.0. The smallest absolute Gasteiger partial charge is 0.260 e. The second kappa shape index (κ2) is 5.73. The van der Waals surface area contributed by atoms with Crippen molar-refractivity contribution in [3.63, 3.8) is 0 Å². The van der Waals surface area contributed by atoms with Crippen LogP contribution in [0.25, 0.3) is 5.57 Å². The Hall–Kier alpha value is -3.08. The number of nitrogens with two attached hydrogens (primary N) is 1. The van der Waals surface area contributed by atoms with Crippen molar-refractivity contribution in [3.8, 4) is 0 Å². The third-order valence-electron chi connectivity index (χ3n) is 3.44. The predicted octanol–water partition coefficient (Wildman–Crippen LogP) is 1.67. The van der Waals surface area contributed by atoms with Crippen LogP contribution in [0.1, 0.15) is 21.5 Å². The molecule has 2 aromatic carbocycles. The predicted molar refractivity (Wildman–Crippen MR) is 84.6 cm³/mol. The minimum Gasteiger partial charge on any atom is -0.399 e. The molecule has 110 valence electrons. The highest BCUT2D eigenvalue weighted by Crippen LogP contribution is 2.23. The molecular weight excluding hydrogens is 278 g/mol. The van der Waals surface area contributed by atoms with Crippen LogP contribution in [0.15, 0.2) is 54.7 Å². The summed E-state index contributed by atoms with van der Waals surface area (Å²) in [7, 11) is 0. The molecule has 0 aromatic heterocycles. The van der Waals surface area contributed by atoms with Gasteiger partial charge in [-0.1, -0.05) is 30.3 Å². The lowest BCUT2D eigenvalue weighted by molar-refractivity contribution is -0.114. The third-order valence-corrected chi connectivity index (χ3v) is 3.44. The highest BCUT2D eigenvalue weighted by atomic mass is 16.2. The molecule has 0 saturated carbocycles. The molecule has 1 heterocycles. The van der Waals surface area contributed by atoms with E-state index in [-0.39, 0.29) is 5.91 Å². The zero-order chi connectivity index (χ0) is 15.5. The Morgan fingerprint density at radius 2 is 1.77 bits per heavy atom. The van der Waals surface area contributed by atoms with Crippen molar-refractivity contribution in [2.75, 3.05) is 5.73 Å². The lowest BCUT2D eigenvalue weighted by atomic mass is 9.96.